The molecule has 0 saturated heterocycles. The molecule has 0 atom stereocenters. The summed E-state index contributed by atoms with van der Waals surface area (Å²) >= 11 is 0. The van der Waals surface area contributed by atoms with Crippen LogP contribution < -0.4 is 0 Å². The summed E-state index contributed by atoms with van der Waals surface area (Å²) in [4.78, 5) is 16.0. The quantitative estimate of drug-likeness (QED) is 0.748. The molecular weight excluding hydrogens is 222 g/mol. The third kappa shape index (κ3) is 3.27. The molecule has 0 radical (unpaired) electrons. The van der Waals surface area contributed by atoms with Crippen molar-refractivity contribution in [3.8, 4) is 0 Å². The maximum atomic E-state index is 12.1. The second kappa shape index (κ2) is 6.10. The Labute approximate surface area is 108 Å². The first-order valence-electron chi connectivity index (χ1n) is 6.30. The van der Waals surface area contributed by atoms with Crippen LogP contribution >= 0.6 is 0 Å². The standard InChI is InChI=1S/C16H17NO/c1-2-13-4-3-5-15(12-13)16(18)7-6-14-8-10-17-11-9-14/h3-5,8-12H,2,6-7H2,1H3. The Morgan fingerprint density at radius 1 is 1.11 bits per heavy atom. The number of nitrogens with zero attached hydrogens (tertiary/aromatic N) is 1. The molecule has 2 aromatic rings. The molecule has 0 aliphatic carbocycles. The van der Waals surface area contributed by atoms with Crippen LogP contribution in [-0.4, -0.2) is 10.8 Å². The van der Waals surface area contributed by atoms with Crippen LogP contribution in [0.4, 0.5) is 0 Å². The molecule has 0 spiro atoms. The number of pyridine rings is 1. The highest BCUT2D eigenvalue weighted by Crippen LogP contribution is 2.10. The van der Waals surface area contributed by atoms with E-state index >= 15 is 0 Å². The topological polar surface area (TPSA) is 30.0 Å². The Balaban J connectivity index is 1.99. The van der Waals surface area contributed by atoms with Gasteiger partial charge in [0.25, 0.3) is 0 Å². The molecule has 0 N–H and O–H groups in total. The molecule has 0 fully saturated rings. The van der Waals surface area contributed by atoms with Gasteiger partial charge in [0.2, 0.25) is 0 Å². The number of hydrogen-bond acceptors (Lipinski definition) is 2. The van der Waals surface area contributed by atoms with Crippen molar-refractivity contribution in [3.05, 3.63) is 65.5 Å². The van der Waals surface area contributed by atoms with Crippen LogP contribution in [-0.2, 0) is 12.8 Å². The van der Waals surface area contributed by atoms with E-state index in [2.05, 4.69) is 18.0 Å². The van der Waals surface area contributed by atoms with Gasteiger partial charge in [-0.15, -0.1) is 0 Å². The first-order valence-corrected chi connectivity index (χ1v) is 6.30. The van der Waals surface area contributed by atoms with E-state index in [0.717, 1.165) is 24.0 Å². The van der Waals surface area contributed by atoms with Crippen LogP contribution in [0.15, 0.2) is 48.8 Å². The lowest BCUT2D eigenvalue weighted by atomic mass is 10.0. The molecule has 0 bridgehead atoms. The molecule has 2 heteroatoms. The van der Waals surface area contributed by atoms with Crippen molar-refractivity contribution in [2.24, 2.45) is 0 Å². The molecule has 0 saturated carbocycles. The second-order valence-electron chi connectivity index (χ2n) is 4.33. The maximum absolute atomic E-state index is 12.1. The van der Waals surface area contributed by atoms with Crippen molar-refractivity contribution in [1.29, 1.82) is 0 Å². The smallest absolute Gasteiger partial charge is 0.163 e. The predicted octanol–water partition coefficient (Wildman–Crippen LogP) is 3.46. The van der Waals surface area contributed by atoms with Gasteiger partial charge in [-0.2, -0.15) is 0 Å². The SMILES string of the molecule is CCc1cccc(C(=O)CCc2ccncc2)c1. The number of aromatic nitrogens is 1. The number of aryl methyl sites for hydroxylation is 2. The van der Waals surface area contributed by atoms with E-state index in [4.69, 9.17) is 0 Å². The van der Waals surface area contributed by atoms with Crippen molar-refractivity contribution < 1.29 is 4.79 Å². The lowest BCUT2D eigenvalue weighted by molar-refractivity contribution is 0.0982. The number of carbonyl (C=O) groups excluding carboxylic acids is 1. The third-order valence-corrected chi connectivity index (χ3v) is 3.05. The number of benzene rings is 1. The van der Waals surface area contributed by atoms with Crippen LogP contribution in [0.5, 0.6) is 0 Å². The molecule has 0 aliphatic heterocycles. The molecule has 92 valence electrons. The van der Waals surface area contributed by atoms with Crippen LogP contribution in [0, 0.1) is 0 Å². The molecule has 1 heterocycles. The second-order valence-corrected chi connectivity index (χ2v) is 4.33. The number of ketones is 1. The molecule has 2 rings (SSSR count). The predicted molar refractivity (Wildman–Crippen MR) is 72.7 cm³/mol. The van der Waals surface area contributed by atoms with Crippen molar-refractivity contribution in [3.63, 3.8) is 0 Å². The Morgan fingerprint density at radius 2 is 1.89 bits per heavy atom. The zero-order valence-electron chi connectivity index (χ0n) is 10.6. The van der Waals surface area contributed by atoms with Gasteiger partial charge in [0.05, 0.1) is 0 Å². The molecule has 18 heavy (non-hydrogen) atoms. The zero-order valence-corrected chi connectivity index (χ0v) is 10.6. The molecule has 1 aromatic heterocycles. The lowest BCUT2D eigenvalue weighted by Crippen LogP contribution is -2.01. The normalized spacial score (nSPS) is 10.3. The van der Waals surface area contributed by atoms with E-state index in [1.54, 1.807) is 12.4 Å². The van der Waals surface area contributed by atoms with Gasteiger partial charge in [0, 0.05) is 24.4 Å². The van der Waals surface area contributed by atoms with Gasteiger partial charge in [-0.05, 0) is 42.2 Å². The van der Waals surface area contributed by atoms with Gasteiger partial charge in [-0.25, -0.2) is 0 Å². The highest BCUT2D eigenvalue weighted by Gasteiger charge is 2.06. The Morgan fingerprint density at radius 3 is 2.61 bits per heavy atom. The number of Topliss-reactive ketones (excluding diaryl/α,β-unsaturated/α-hetero) is 1. The van der Waals surface area contributed by atoms with E-state index in [9.17, 15) is 4.79 Å². The van der Waals surface area contributed by atoms with Gasteiger partial charge in [0.15, 0.2) is 5.78 Å². The fourth-order valence-electron chi connectivity index (χ4n) is 1.92. The van der Waals surface area contributed by atoms with Gasteiger partial charge in [0.1, 0.15) is 0 Å². The van der Waals surface area contributed by atoms with E-state index in [-0.39, 0.29) is 5.78 Å². The van der Waals surface area contributed by atoms with Crippen molar-refractivity contribution in [2.45, 2.75) is 26.2 Å². The summed E-state index contributed by atoms with van der Waals surface area (Å²) in [5, 5.41) is 0. The van der Waals surface area contributed by atoms with Crippen molar-refractivity contribution in [1.82, 2.24) is 4.98 Å². The van der Waals surface area contributed by atoms with Crippen molar-refractivity contribution in [2.75, 3.05) is 0 Å². The van der Waals surface area contributed by atoms with Gasteiger partial charge in [-0.3, -0.25) is 9.78 Å². The summed E-state index contributed by atoms with van der Waals surface area (Å²) < 4.78 is 0. The Bertz CT molecular complexity index is 520. The summed E-state index contributed by atoms with van der Waals surface area (Å²) in [5.74, 6) is 0.210. The summed E-state index contributed by atoms with van der Waals surface area (Å²) in [6, 6.07) is 11.8. The minimum atomic E-state index is 0.210. The summed E-state index contributed by atoms with van der Waals surface area (Å²) in [6.45, 7) is 2.10. The first-order chi connectivity index (χ1) is 8.79. The van der Waals surface area contributed by atoms with E-state index in [1.165, 1.54) is 5.56 Å². The van der Waals surface area contributed by atoms with Gasteiger partial charge >= 0.3 is 0 Å². The Kier molecular flexibility index (Phi) is 4.24. The molecular formula is C16H17NO. The van der Waals surface area contributed by atoms with Crippen LogP contribution in [0.2, 0.25) is 0 Å². The highest BCUT2D eigenvalue weighted by molar-refractivity contribution is 5.96. The fourth-order valence-corrected chi connectivity index (χ4v) is 1.92. The lowest BCUT2D eigenvalue weighted by Gasteiger charge is -2.03. The molecule has 1 aromatic carbocycles. The van der Waals surface area contributed by atoms with E-state index < -0.39 is 0 Å². The average Bonchev–Trinajstić information content (AvgIpc) is 2.46. The largest absolute Gasteiger partial charge is 0.294 e. The highest BCUT2D eigenvalue weighted by atomic mass is 16.1. The number of rotatable bonds is 5. The zero-order chi connectivity index (χ0) is 12.8. The third-order valence-electron chi connectivity index (χ3n) is 3.05. The molecule has 2 nitrogen and oxygen atoms in total. The Hall–Kier alpha value is -1.96. The minimum absolute atomic E-state index is 0.210. The van der Waals surface area contributed by atoms with E-state index in [1.807, 2.05) is 30.3 Å². The van der Waals surface area contributed by atoms with Crippen molar-refractivity contribution >= 4 is 5.78 Å². The minimum Gasteiger partial charge on any atom is -0.294 e. The molecule has 0 amide bonds. The number of hydrogen-bond donors (Lipinski definition) is 0. The summed E-state index contributed by atoms with van der Waals surface area (Å²) in [6.07, 6.45) is 5.81. The molecule has 0 aliphatic rings. The molecule has 0 unspecified atom stereocenters. The van der Waals surface area contributed by atoms with Gasteiger partial charge < -0.3 is 0 Å². The van der Waals surface area contributed by atoms with Crippen LogP contribution in [0.1, 0.15) is 34.8 Å². The average molecular weight is 239 g/mol. The number of carbonyl (C=O) groups is 1. The monoisotopic (exact) mass is 239 g/mol. The summed E-state index contributed by atoms with van der Waals surface area (Å²) in [5.41, 5.74) is 3.19. The summed E-state index contributed by atoms with van der Waals surface area (Å²) in [7, 11) is 0. The maximum Gasteiger partial charge on any atom is 0.163 e. The van der Waals surface area contributed by atoms with Crippen LogP contribution in [0.25, 0.3) is 0 Å². The first kappa shape index (κ1) is 12.5. The fraction of sp³-hybridized carbons (Fsp3) is 0.250. The van der Waals surface area contributed by atoms with E-state index in [0.29, 0.717) is 6.42 Å². The van der Waals surface area contributed by atoms with Crippen LogP contribution in [0.3, 0.4) is 0 Å². The van der Waals surface area contributed by atoms with Gasteiger partial charge in [-0.1, -0.05) is 25.1 Å².